The number of aryl methyl sites for hydroxylation is 2. The van der Waals surface area contributed by atoms with Crippen LogP contribution in [0.4, 0.5) is 18.9 Å². The number of fused-ring (bicyclic) bond motifs is 1. The number of pyridine rings is 1. The number of anilines is 1. The summed E-state index contributed by atoms with van der Waals surface area (Å²) in [6.07, 6.45) is -2.62. The Hall–Kier alpha value is -3.61. The van der Waals surface area contributed by atoms with Crippen LogP contribution in [-0.4, -0.2) is 15.3 Å². The highest BCUT2D eigenvalue weighted by Gasteiger charge is 2.30. The smallest absolute Gasteiger partial charge is 0.321 e. The molecule has 1 amide bonds. The molecule has 0 bridgehead atoms. The van der Waals surface area contributed by atoms with E-state index >= 15 is 0 Å². The van der Waals surface area contributed by atoms with Crippen molar-refractivity contribution in [3.63, 3.8) is 0 Å². The summed E-state index contributed by atoms with van der Waals surface area (Å²) in [7, 11) is 0. The Morgan fingerprint density at radius 1 is 0.900 bits per heavy atom. The van der Waals surface area contributed by atoms with E-state index in [-0.39, 0.29) is 5.69 Å². The lowest BCUT2D eigenvalue weighted by molar-refractivity contribution is -0.137. The van der Waals surface area contributed by atoms with E-state index in [1.165, 1.54) is 12.1 Å². The third-order valence-electron chi connectivity index (χ3n) is 4.78. The Morgan fingerprint density at radius 2 is 1.53 bits per heavy atom. The van der Waals surface area contributed by atoms with Gasteiger partial charge in [-0.05, 0) is 49.7 Å². The predicted octanol–water partition coefficient (Wildman–Crippen LogP) is 5.89. The summed E-state index contributed by atoms with van der Waals surface area (Å²) in [6.45, 7) is 3.87. The monoisotopic (exact) mass is 409 g/mol. The highest BCUT2D eigenvalue weighted by Crippen LogP contribution is 2.30. The van der Waals surface area contributed by atoms with E-state index in [0.29, 0.717) is 17.0 Å². The van der Waals surface area contributed by atoms with Crippen LogP contribution in [0.3, 0.4) is 0 Å². The highest BCUT2D eigenvalue weighted by atomic mass is 19.4. The molecule has 2 aromatic carbocycles. The Bertz CT molecular complexity index is 1220. The molecule has 0 unspecified atom stereocenters. The number of aromatic nitrogens is 2. The lowest BCUT2D eigenvalue weighted by Gasteiger charge is -2.10. The predicted molar refractivity (Wildman–Crippen MR) is 109 cm³/mol. The highest BCUT2D eigenvalue weighted by molar-refractivity contribution is 6.07. The van der Waals surface area contributed by atoms with Crippen molar-refractivity contribution in [3.8, 4) is 11.3 Å². The number of imidazole rings is 1. The average Bonchev–Trinajstić information content (AvgIpc) is 3.07. The largest absolute Gasteiger partial charge is 0.416 e. The second-order valence-electron chi connectivity index (χ2n) is 7.14. The Balaban J connectivity index is 1.76. The number of hydrogen-bond donors (Lipinski definition) is 1. The zero-order valence-electron chi connectivity index (χ0n) is 16.3. The van der Waals surface area contributed by atoms with Gasteiger partial charge >= 0.3 is 6.18 Å². The number of carbonyl (C=O) groups excluding carboxylic acids is 1. The summed E-state index contributed by atoms with van der Waals surface area (Å²) in [5.74, 6) is -0.455. The number of halogens is 3. The maximum Gasteiger partial charge on any atom is 0.416 e. The molecule has 30 heavy (non-hydrogen) atoms. The van der Waals surface area contributed by atoms with Gasteiger partial charge in [0.05, 0.1) is 5.56 Å². The molecule has 4 rings (SSSR count). The summed E-state index contributed by atoms with van der Waals surface area (Å²) in [5.41, 5.74) is 3.72. The van der Waals surface area contributed by atoms with E-state index in [2.05, 4.69) is 10.3 Å². The van der Waals surface area contributed by atoms with Crippen LogP contribution < -0.4 is 5.32 Å². The number of carbonyl (C=O) groups is 1. The summed E-state index contributed by atoms with van der Waals surface area (Å²) in [5, 5.41) is 2.69. The molecular formula is C23H18F3N3O. The van der Waals surface area contributed by atoms with E-state index < -0.39 is 17.6 Å². The van der Waals surface area contributed by atoms with Crippen molar-refractivity contribution >= 4 is 17.2 Å². The number of amides is 1. The Morgan fingerprint density at radius 3 is 2.17 bits per heavy atom. The van der Waals surface area contributed by atoms with Gasteiger partial charge in [0.1, 0.15) is 17.0 Å². The molecule has 4 aromatic rings. The van der Waals surface area contributed by atoms with Crippen molar-refractivity contribution in [1.29, 1.82) is 0 Å². The fraction of sp³-hybridized carbons (Fsp3) is 0.130. The maximum absolute atomic E-state index is 13.1. The summed E-state index contributed by atoms with van der Waals surface area (Å²) in [4.78, 5) is 17.8. The minimum atomic E-state index is -4.43. The molecule has 0 aliphatic carbocycles. The van der Waals surface area contributed by atoms with E-state index in [1.807, 2.05) is 56.4 Å². The quantitative estimate of drug-likeness (QED) is 0.459. The van der Waals surface area contributed by atoms with Crippen LogP contribution in [-0.2, 0) is 6.18 Å². The number of nitrogens with one attached hydrogen (secondary N) is 1. The first-order valence-electron chi connectivity index (χ1n) is 9.27. The first-order valence-corrected chi connectivity index (χ1v) is 9.27. The van der Waals surface area contributed by atoms with Gasteiger partial charge in [0.15, 0.2) is 0 Å². The first-order chi connectivity index (χ1) is 14.2. The summed E-state index contributed by atoms with van der Waals surface area (Å²) < 4.78 is 40.1. The van der Waals surface area contributed by atoms with Gasteiger partial charge in [-0.25, -0.2) is 4.98 Å². The van der Waals surface area contributed by atoms with Crippen LogP contribution in [0.5, 0.6) is 0 Å². The molecule has 2 aromatic heterocycles. The van der Waals surface area contributed by atoms with Gasteiger partial charge in [0.2, 0.25) is 0 Å². The first kappa shape index (κ1) is 19.7. The molecule has 0 saturated heterocycles. The fourth-order valence-electron chi connectivity index (χ4n) is 3.21. The van der Waals surface area contributed by atoms with Gasteiger partial charge in [-0.3, -0.25) is 9.20 Å². The van der Waals surface area contributed by atoms with Gasteiger partial charge < -0.3 is 5.32 Å². The SMILES string of the molecule is Cc1ccc(-c2nc3ccc(C)cn3c2C(=O)Nc2ccc(C(F)(F)F)cc2)cc1. The molecule has 1 N–H and O–H groups in total. The van der Waals surface area contributed by atoms with Crippen molar-refractivity contribution in [2.75, 3.05) is 5.32 Å². The standard InChI is InChI=1S/C23H18F3N3O/c1-14-3-6-16(7-4-14)20-21(29-13-15(2)5-12-19(29)28-20)22(30)27-18-10-8-17(9-11-18)23(24,25)26/h3-13H,1-2H3,(H,27,30). The third-order valence-corrected chi connectivity index (χ3v) is 4.78. The van der Waals surface area contributed by atoms with Gasteiger partial charge in [-0.2, -0.15) is 13.2 Å². The number of benzene rings is 2. The van der Waals surface area contributed by atoms with Crippen LogP contribution >= 0.6 is 0 Å². The van der Waals surface area contributed by atoms with E-state index in [0.717, 1.165) is 28.8 Å². The zero-order chi connectivity index (χ0) is 21.5. The summed E-state index contributed by atoms with van der Waals surface area (Å²) in [6, 6.07) is 15.7. The van der Waals surface area contributed by atoms with Crippen LogP contribution in [0.2, 0.25) is 0 Å². The normalized spacial score (nSPS) is 11.6. The molecule has 0 spiro atoms. The topological polar surface area (TPSA) is 46.4 Å². The van der Waals surface area contributed by atoms with Crippen LogP contribution in [0.25, 0.3) is 16.9 Å². The minimum absolute atomic E-state index is 0.269. The number of hydrogen-bond acceptors (Lipinski definition) is 2. The van der Waals surface area contributed by atoms with E-state index in [9.17, 15) is 18.0 Å². The van der Waals surface area contributed by atoms with Gasteiger partial charge in [0, 0.05) is 17.4 Å². The summed E-state index contributed by atoms with van der Waals surface area (Å²) >= 11 is 0. The molecule has 0 fully saturated rings. The lowest BCUT2D eigenvalue weighted by atomic mass is 10.1. The van der Waals surface area contributed by atoms with Crippen LogP contribution in [0.15, 0.2) is 66.9 Å². The number of alkyl halides is 3. The lowest BCUT2D eigenvalue weighted by Crippen LogP contribution is -2.16. The molecular weight excluding hydrogens is 391 g/mol. The second-order valence-corrected chi connectivity index (χ2v) is 7.14. The Kier molecular flexibility index (Phi) is 4.81. The molecule has 0 saturated carbocycles. The van der Waals surface area contributed by atoms with Crippen molar-refractivity contribution in [1.82, 2.24) is 9.38 Å². The van der Waals surface area contributed by atoms with Crippen molar-refractivity contribution in [3.05, 3.63) is 89.2 Å². The zero-order valence-corrected chi connectivity index (χ0v) is 16.3. The van der Waals surface area contributed by atoms with Crippen LogP contribution in [0, 0.1) is 13.8 Å². The maximum atomic E-state index is 13.1. The fourth-order valence-corrected chi connectivity index (χ4v) is 3.21. The van der Waals surface area contributed by atoms with Gasteiger partial charge in [-0.1, -0.05) is 35.9 Å². The number of nitrogens with zero attached hydrogens (tertiary/aromatic N) is 2. The molecule has 7 heteroatoms. The molecule has 0 aliphatic heterocycles. The van der Waals surface area contributed by atoms with Gasteiger partial charge in [0.25, 0.3) is 5.91 Å². The van der Waals surface area contributed by atoms with Crippen molar-refractivity contribution in [2.24, 2.45) is 0 Å². The molecule has 152 valence electrons. The van der Waals surface area contributed by atoms with Crippen molar-refractivity contribution < 1.29 is 18.0 Å². The van der Waals surface area contributed by atoms with Gasteiger partial charge in [-0.15, -0.1) is 0 Å². The molecule has 0 radical (unpaired) electrons. The Labute approximate surface area is 171 Å². The minimum Gasteiger partial charge on any atom is -0.321 e. The van der Waals surface area contributed by atoms with E-state index in [4.69, 9.17) is 0 Å². The molecule has 0 aliphatic rings. The second kappa shape index (κ2) is 7.33. The van der Waals surface area contributed by atoms with Crippen LogP contribution in [0.1, 0.15) is 27.2 Å². The van der Waals surface area contributed by atoms with Crippen molar-refractivity contribution in [2.45, 2.75) is 20.0 Å². The molecule has 2 heterocycles. The number of rotatable bonds is 3. The molecule has 4 nitrogen and oxygen atoms in total. The molecule has 0 atom stereocenters. The third kappa shape index (κ3) is 3.78. The average molecular weight is 409 g/mol. The van der Waals surface area contributed by atoms with E-state index in [1.54, 1.807) is 4.40 Å².